The van der Waals surface area contributed by atoms with Crippen molar-refractivity contribution in [2.24, 2.45) is 0 Å². The maximum atomic E-state index is 12.5. The van der Waals surface area contributed by atoms with Gasteiger partial charge in [-0.2, -0.15) is 0 Å². The van der Waals surface area contributed by atoms with E-state index in [-0.39, 0.29) is 12.0 Å². The number of ether oxygens (including phenoxy) is 1. The van der Waals surface area contributed by atoms with Crippen LogP contribution in [0.25, 0.3) is 0 Å². The lowest BCUT2D eigenvalue weighted by Gasteiger charge is -2.37. The van der Waals surface area contributed by atoms with Crippen LogP contribution in [0, 0.1) is 6.92 Å². The van der Waals surface area contributed by atoms with Gasteiger partial charge in [-0.1, -0.05) is 26.2 Å². The highest BCUT2D eigenvalue weighted by Crippen LogP contribution is 2.34. The molecule has 0 unspecified atom stereocenters. The first-order valence-electron chi connectivity index (χ1n) is 9.23. The van der Waals surface area contributed by atoms with Crippen LogP contribution in [-0.4, -0.2) is 58.6 Å². The summed E-state index contributed by atoms with van der Waals surface area (Å²) in [6, 6.07) is 0. The van der Waals surface area contributed by atoms with Crippen molar-refractivity contribution in [1.29, 1.82) is 0 Å². The highest BCUT2D eigenvalue weighted by atomic mass is 32.1. The van der Waals surface area contributed by atoms with Gasteiger partial charge in [0.1, 0.15) is 10.5 Å². The van der Waals surface area contributed by atoms with E-state index in [1.165, 1.54) is 24.2 Å². The number of thiazole rings is 1. The largest absolute Gasteiger partial charge is 0.441 e. The Morgan fingerprint density at radius 3 is 2.72 bits per heavy atom. The van der Waals surface area contributed by atoms with Crippen LogP contribution < -0.4 is 0 Å². The van der Waals surface area contributed by atoms with E-state index < -0.39 is 5.60 Å². The predicted molar refractivity (Wildman–Crippen MR) is 96.9 cm³/mol. The number of unbranched alkanes of at least 4 members (excludes halogenated alkanes) is 3. The standard InChI is InChI=1S/C18H27N3O3S/c1-3-4-5-6-9-21-13-18(24-17(21)23)7-10-20(11-8-18)16(22)15-12-19-14(2)25-15/h12H,3-11,13H2,1-2H3. The lowest BCUT2D eigenvalue weighted by Crippen LogP contribution is -2.48. The number of carbonyl (C=O) groups excluding carboxylic acids is 2. The van der Waals surface area contributed by atoms with Crippen LogP contribution in [0.5, 0.6) is 0 Å². The molecule has 3 heterocycles. The fraction of sp³-hybridized carbons (Fsp3) is 0.722. The van der Waals surface area contributed by atoms with Gasteiger partial charge in [-0.25, -0.2) is 9.78 Å². The number of aryl methyl sites for hydroxylation is 1. The molecule has 2 amide bonds. The highest BCUT2D eigenvalue weighted by molar-refractivity contribution is 7.13. The lowest BCUT2D eigenvalue weighted by molar-refractivity contribution is 0.00327. The Morgan fingerprint density at radius 2 is 2.08 bits per heavy atom. The molecule has 0 radical (unpaired) electrons. The van der Waals surface area contributed by atoms with Crippen molar-refractivity contribution in [1.82, 2.24) is 14.8 Å². The number of aromatic nitrogens is 1. The monoisotopic (exact) mass is 365 g/mol. The van der Waals surface area contributed by atoms with Crippen LogP contribution in [0.15, 0.2) is 6.20 Å². The molecule has 0 N–H and O–H groups in total. The van der Waals surface area contributed by atoms with E-state index in [2.05, 4.69) is 11.9 Å². The molecule has 138 valence electrons. The second-order valence-electron chi connectivity index (χ2n) is 7.07. The molecule has 0 aromatic carbocycles. The average molecular weight is 365 g/mol. The van der Waals surface area contributed by atoms with Crippen molar-refractivity contribution < 1.29 is 14.3 Å². The second-order valence-corrected chi connectivity index (χ2v) is 8.30. The normalized spacial score (nSPS) is 19.5. The summed E-state index contributed by atoms with van der Waals surface area (Å²) >= 11 is 1.43. The summed E-state index contributed by atoms with van der Waals surface area (Å²) in [4.78, 5) is 33.2. The maximum Gasteiger partial charge on any atom is 0.410 e. The molecule has 2 saturated heterocycles. The van der Waals surface area contributed by atoms with Gasteiger partial charge in [0.05, 0.1) is 17.7 Å². The predicted octanol–water partition coefficient (Wildman–Crippen LogP) is 3.46. The average Bonchev–Trinajstić information content (AvgIpc) is 3.16. The first-order chi connectivity index (χ1) is 12.0. The van der Waals surface area contributed by atoms with Gasteiger partial charge in [-0.3, -0.25) is 4.79 Å². The maximum absolute atomic E-state index is 12.5. The number of carbonyl (C=O) groups is 2. The number of hydrogen-bond acceptors (Lipinski definition) is 5. The quantitative estimate of drug-likeness (QED) is 0.724. The fourth-order valence-electron chi connectivity index (χ4n) is 3.59. The first kappa shape index (κ1) is 18.2. The van der Waals surface area contributed by atoms with E-state index in [0.717, 1.165) is 24.4 Å². The molecule has 0 atom stereocenters. The number of piperidine rings is 1. The van der Waals surface area contributed by atoms with E-state index >= 15 is 0 Å². The van der Waals surface area contributed by atoms with Gasteiger partial charge in [-0.05, 0) is 13.3 Å². The molecular formula is C18H27N3O3S. The van der Waals surface area contributed by atoms with Crippen molar-refractivity contribution >= 4 is 23.3 Å². The van der Waals surface area contributed by atoms with Crippen LogP contribution in [0.3, 0.4) is 0 Å². The number of amides is 2. The smallest absolute Gasteiger partial charge is 0.410 e. The minimum Gasteiger partial charge on any atom is -0.441 e. The Morgan fingerprint density at radius 1 is 1.32 bits per heavy atom. The minimum atomic E-state index is -0.401. The van der Waals surface area contributed by atoms with Crippen LogP contribution in [0.4, 0.5) is 4.79 Å². The summed E-state index contributed by atoms with van der Waals surface area (Å²) in [5.41, 5.74) is -0.401. The van der Waals surface area contributed by atoms with Crippen LogP contribution in [0.1, 0.15) is 60.1 Å². The zero-order valence-electron chi connectivity index (χ0n) is 15.1. The Kier molecular flexibility index (Phi) is 5.61. The zero-order chi connectivity index (χ0) is 17.9. The molecule has 0 aliphatic carbocycles. The lowest BCUT2D eigenvalue weighted by atomic mass is 9.91. The van der Waals surface area contributed by atoms with E-state index in [1.807, 2.05) is 16.7 Å². The van der Waals surface area contributed by atoms with Gasteiger partial charge in [0.15, 0.2) is 0 Å². The van der Waals surface area contributed by atoms with Gasteiger partial charge in [-0.15, -0.1) is 11.3 Å². The number of likely N-dealkylation sites (tertiary alicyclic amines) is 1. The Bertz CT molecular complexity index is 623. The summed E-state index contributed by atoms with van der Waals surface area (Å²) in [7, 11) is 0. The van der Waals surface area contributed by atoms with Gasteiger partial charge >= 0.3 is 6.09 Å². The number of nitrogens with zero attached hydrogens (tertiary/aromatic N) is 3. The third-order valence-electron chi connectivity index (χ3n) is 5.12. The van der Waals surface area contributed by atoms with Crippen molar-refractivity contribution in [3.05, 3.63) is 16.1 Å². The molecule has 0 bridgehead atoms. The first-order valence-corrected chi connectivity index (χ1v) is 10.0. The zero-order valence-corrected chi connectivity index (χ0v) is 15.9. The second kappa shape index (κ2) is 7.72. The fourth-order valence-corrected chi connectivity index (χ4v) is 4.33. The molecule has 25 heavy (non-hydrogen) atoms. The molecule has 0 saturated carbocycles. The molecule has 2 aliphatic rings. The summed E-state index contributed by atoms with van der Waals surface area (Å²) < 4.78 is 5.74. The van der Waals surface area contributed by atoms with Crippen molar-refractivity contribution in [2.75, 3.05) is 26.2 Å². The Hall–Kier alpha value is -1.63. The van der Waals surface area contributed by atoms with E-state index in [0.29, 0.717) is 37.4 Å². The number of rotatable bonds is 6. The van der Waals surface area contributed by atoms with Crippen molar-refractivity contribution in [2.45, 2.75) is 58.0 Å². The van der Waals surface area contributed by atoms with Crippen molar-refractivity contribution in [3.63, 3.8) is 0 Å². The molecule has 2 aliphatic heterocycles. The van der Waals surface area contributed by atoms with Crippen molar-refractivity contribution in [3.8, 4) is 0 Å². The molecular weight excluding hydrogens is 338 g/mol. The topological polar surface area (TPSA) is 62.7 Å². The third kappa shape index (κ3) is 4.14. The Balaban J connectivity index is 1.51. The SMILES string of the molecule is CCCCCCN1CC2(CCN(C(=O)c3cnc(C)s3)CC2)OC1=O. The van der Waals surface area contributed by atoms with Gasteiger partial charge < -0.3 is 14.5 Å². The minimum absolute atomic E-state index is 0.0428. The summed E-state index contributed by atoms with van der Waals surface area (Å²) in [6.45, 7) is 6.80. The molecule has 2 fully saturated rings. The Labute approximate surface area is 153 Å². The van der Waals surface area contributed by atoms with Gasteiger partial charge in [0.25, 0.3) is 5.91 Å². The van der Waals surface area contributed by atoms with Crippen LogP contribution >= 0.6 is 11.3 Å². The molecule has 3 rings (SSSR count). The molecule has 1 spiro atoms. The summed E-state index contributed by atoms with van der Waals surface area (Å²) in [5.74, 6) is 0.0428. The summed E-state index contributed by atoms with van der Waals surface area (Å²) in [5, 5.41) is 0.903. The van der Waals surface area contributed by atoms with E-state index in [1.54, 1.807) is 6.20 Å². The van der Waals surface area contributed by atoms with E-state index in [4.69, 9.17) is 4.74 Å². The highest BCUT2D eigenvalue weighted by Gasteiger charge is 2.47. The van der Waals surface area contributed by atoms with Gasteiger partial charge in [0.2, 0.25) is 0 Å². The summed E-state index contributed by atoms with van der Waals surface area (Å²) in [6.07, 6.45) is 7.49. The van der Waals surface area contributed by atoms with Crippen LogP contribution in [0.2, 0.25) is 0 Å². The third-order valence-corrected chi connectivity index (χ3v) is 6.02. The molecule has 1 aromatic heterocycles. The molecule has 1 aromatic rings. The van der Waals surface area contributed by atoms with Crippen LogP contribution in [-0.2, 0) is 4.74 Å². The van der Waals surface area contributed by atoms with Gasteiger partial charge in [0, 0.05) is 32.5 Å². The molecule has 6 nitrogen and oxygen atoms in total. The number of hydrogen-bond donors (Lipinski definition) is 0. The van der Waals surface area contributed by atoms with E-state index in [9.17, 15) is 9.59 Å². The molecule has 7 heteroatoms.